The number of hydrogen-bond acceptors (Lipinski definition) is 1. The average Bonchev–Trinajstić information content (AvgIpc) is 1.50. The summed E-state index contributed by atoms with van der Waals surface area (Å²) in [5, 5.41) is 0. The van der Waals surface area contributed by atoms with E-state index in [9.17, 15) is 0 Å². The summed E-state index contributed by atoms with van der Waals surface area (Å²) in [7, 11) is 0. The zero-order chi connectivity index (χ0) is 4.00. The van der Waals surface area contributed by atoms with Gasteiger partial charge in [-0.2, -0.15) is 0 Å². The molecule has 0 amide bonds. The summed E-state index contributed by atoms with van der Waals surface area (Å²) in [6.45, 7) is 7.00. The number of rotatable bonds is 0. The Hall–Kier alpha value is 0.00649. The first-order valence-corrected chi connectivity index (χ1v) is 0.969. The summed E-state index contributed by atoms with van der Waals surface area (Å²) in [4.78, 5) is 0. The molecule has 0 saturated carbocycles. The van der Waals surface area contributed by atoms with Crippen LogP contribution in [0.15, 0.2) is 6.58 Å². The summed E-state index contributed by atoms with van der Waals surface area (Å²) in [6, 6.07) is 0. The van der Waals surface area contributed by atoms with Crippen LogP contribution in [0.1, 0.15) is 0 Å². The van der Waals surface area contributed by atoms with Crippen LogP contribution < -0.4 is 0 Å². The van der Waals surface area contributed by atoms with Crippen LogP contribution in [0.4, 0.5) is 0 Å². The molecule has 0 atom stereocenters. The van der Waals surface area contributed by atoms with E-state index in [0.717, 1.165) is 0 Å². The van der Waals surface area contributed by atoms with Gasteiger partial charge in [0, 0.05) is 0 Å². The Kier molecular flexibility index (Phi) is 3430000. The minimum absolute atomic E-state index is 0. The summed E-state index contributed by atoms with van der Waals surface area (Å²) < 4.78 is 7.94. The zero-order valence-corrected chi connectivity index (χ0v) is 3.64. The standard InChI is InChI=1S/C2H3.Co.H2N.O/c1-2;;;/h1H,2H2;;1H2;/q-1;;-1;. The van der Waals surface area contributed by atoms with Crippen molar-refractivity contribution in [2.75, 3.05) is 0 Å². The fourth-order valence-electron chi connectivity index (χ4n) is 0. The molecule has 5 heavy (non-hydrogen) atoms. The Morgan fingerprint density at radius 1 is 1.40 bits per heavy atom. The zero-order valence-electron chi connectivity index (χ0n) is 2.60. The van der Waals surface area contributed by atoms with Gasteiger partial charge in [0.2, 0.25) is 0 Å². The molecular formula is C2H5CoNO-2. The number of nitrogens with two attached hydrogens (primary N) is 1. The second kappa shape index (κ2) is 859000. The van der Waals surface area contributed by atoms with Crippen molar-refractivity contribution in [2.24, 2.45) is 0 Å². The summed E-state index contributed by atoms with van der Waals surface area (Å²) >= 11 is 2.31. The van der Waals surface area contributed by atoms with Crippen LogP contribution in [0, 0.1) is 6.58 Å². The van der Waals surface area contributed by atoms with Crippen LogP contribution in [0.25, 0.3) is 6.15 Å². The van der Waals surface area contributed by atoms with Crippen LogP contribution >= 0.6 is 0 Å². The van der Waals surface area contributed by atoms with E-state index in [1.54, 1.807) is 0 Å². The van der Waals surface area contributed by atoms with Crippen LogP contribution in [-0.4, -0.2) is 0 Å². The van der Waals surface area contributed by atoms with Crippen molar-refractivity contribution < 1.29 is 19.5 Å². The molecule has 2 N–H and O–H groups in total. The first kappa shape index (κ1) is 20.0. The molecule has 0 unspecified atom stereocenters. The third-order valence-electron chi connectivity index (χ3n) is 0. The normalized spacial score (nSPS) is 1.80. The third-order valence-corrected chi connectivity index (χ3v) is 0. The van der Waals surface area contributed by atoms with Gasteiger partial charge >= 0.3 is 19.5 Å². The fourth-order valence-corrected chi connectivity index (χ4v) is 0. The summed E-state index contributed by atoms with van der Waals surface area (Å²) in [5.74, 6) is 0. The van der Waals surface area contributed by atoms with Crippen molar-refractivity contribution >= 4 is 0 Å². The second-order valence-corrected chi connectivity index (χ2v) is 0. The molecule has 0 heterocycles. The molecule has 0 saturated heterocycles. The minimum atomic E-state index is 0. The van der Waals surface area contributed by atoms with Crippen molar-refractivity contribution in [1.29, 1.82) is 0 Å². The van der Waals surface area contributed by atoms with Gasteiger partial charge in [-0.15, -0.1) is 0 Å². The topological polar surface area (TPSA) is 50.6 Å². The monoisotopic (exact) mass is 118 g/mol. The predicted molar refractivity (Wildman–Crippen MR) is 15.9 cm³/mol. The maximum absolute atomic E-state index is 7.94. The molecule has 0 aromatic carbocycles. The van der Waals surface area contributed by atoms with Crippen molar-refractivity contribution in [3.63, 3.8) is 0 Å². The van der Waals surface area contributed by atoms with E-state index in [2.05, 4.69) is 28.8 Å². The molecular weight excluding hydrogens is 113 g/mol. The molecule has 0 aliphatic carbocycles. The molecule has 35 valence electrons. The summed E-state index contributed by atoms with van der Waals surface area (Å²) in [5.41, 5.74) is 0. The van der Waals surface area contributed by atoms with Gasteiger partial charge in [-0.3, -0.25) is 6.58 Å². The van der Waals surface area contributed by atoms with E-state index in [4.69, 9.17) is 3.87 Å². The predicted octanol–water partition coefficient (Wildman–Crippen LogP) is 1.20. The van der Waals surface area contributed by atoms with Crippen molar-refractivity contribution in [2.45, 2.75) is 0 Å². The molecule has 0 aliphatic heterocycles. The Bertz CT molecular complexity index is 11.6. The Labute approximate surface area is 39.6 Å². The van der Waals surface area contributed by atoms with Gasteiger partial charge in [-0.05, 0) is 0 Å². The maximum atomic E-state index is 7.94. The van der Waals surface area contributed by atoms with E-state index in [1.165, 1.54) is 0 Å². The van der Waals surface area contributed by atoms with Gasteiger partial charge in [-0.1, -0.05) is 0 Å². The molecule has 0 bridgehead atoms. The van der Waals surface area contributed by atoms with Gasteiger partial charge in [0.05, 0.1) is 0 Å². The van der Waals surface area contributed by atoms with Crippen molar-refractivity contribution in [3.8, 4) is 0 Å². The van der Waals surface area contributed by atoms with Gasteiger partial charge < -0.3 is 12.7 Å². The van der Waals surface area contributed by atoms with Crippen molar-refractivity contribution in [3.05, 3.63) is 19.3 Å². The van der Waals surface area contributed by atoms with Crippen LogP contribution in [0.3, 0.4) is 0 Å². The average molecular weight is 118 g/mol. The van der Waals surface area contributed by atoms with Gasteiger partial charge in [-0.25, -0.2) is 0 Å². The first-order valence-electron chi connectivity index (χ1n) is 0.544. The van der Waals surface area contributed by atoms with Gasteiger partial charge in [0.1, 0.15) is 0 Å². The van der Waals surface area contributed by atoms with Gasteiger partial charge in [0.25, 0.3) is 0 Å². The number of hydrogen-bond donors (Lipinski definition) is 0. The van der Waals surface area contributed by atoms with E-state index < -0.39 is 0 Å². The molecule has 0 spiro atoms. The Balaban J connectivity index is -0.0000000133. The van der Waals surface area contributed by atoms with E-state index in [-0.39, 0.29) is 6.15 Å². The van der Waals surface area contributed by atoms with Crippen LogP contribution in [-0.2, 0) is 19.5 Å². The van der Waals surface area contributed by atoms with Crippen LogP contribution in [0.5, 0.6) is 0 Å². The van der Waals surface area contributed by atoms with E-state index in [0.29, 0.717) is 0 Å². The van der Waals surface area contributed by atoms with E-state index >= 15 is 0 Å². The second-order valence-electron chi connectivity index (χ2n) is 0. The molecule has 2 nitrogen and oxygen atoms in total. The molecule has 0 rings (SSSR count). The summed E-state index contributed by atoms with van der Waals surface area (Å²) in [6.07, 6.45) is 0. The molecule has 0 aliphatic rings. The molecule has 0 fully saturated rings. The van der Waals surface area contributed by atoms with E-state index in [1.807, 2.05) is 0 Å². The van der Waals surface area contributed by atoms with Crippen LogP contribution in [0.2, 0.25) is 0 Å². The third kappa shape index (κ3) is 383000. The molecule has 3 heteroatoms. The quantitative estimate of drug-likeness (QED) is 0.441. The first-order chi connectivity index (χ1) is 2.00. The van der Waals surface area contributed by atoms with Gasteiger partial charge in [0.15, 0.2) is 0 Å². The Morgan fingerprint density at radius 2 is 1.40 bits per heavy atom. The molecule has 0 aromatic heterocycles. The fraction of sp³-hybridized carbons (Fsp3) is 0. The molecule has 0 radical (unpaired) electrons. The molecule has 0 aromatic rings. The van der Waals surface area contributed by atoms with Crippen molar-refractivity contribution in [1.82, 2.24) is 0 Å². The SMILES string of the molecule is [CH-]=C.[NH2-].[O]=[Co]. The Morgan fingerprint density at radius 3 is 1.40 bits per heavy atom.